The zero-order valence-corrected chi connectivity index (χ0v) is 14.4. The minimum absolute atomic E-state index is 0.0354. The monoisotopic (exact) mass is 370 g/mol. The Bertz CT molecular complexity index is 758. The number of rotatable bonds is 3. The van der Waals surface area contributed by atoms with Crippen molar-refractivity contribution in [2.24, 2.45) is 0 Å². The summed E-state index contributed by atoms with van der Waals surface area (Å²) in [5.74, 6) is 0.520. The number of benzene rings is 1. The van der Waals surface area contributed by atoms with E-state index in [4.69, 9.17) is 11.6 Å². The first-order valence-corrected chi connectivity index (χ1v) is 8.40. The molecule has 0 radical (unpaired) electrons. The topological polar surface area (TPSA) is 49.8 Å². The second-order valence-corrected chi connectivity index (χ2v) is 6.50. The van der Waals surface area contributed by atoms with Crippen molar-refractivity contribution >= 4 is 23.2 Å². The molecule has 8 heteroatoms. The Hall–Kier alpha value is -1.86. The average molecular weight is 371 g/mol. The first kappa shape index (κ1) is 17.9. The van der Waals surface area contributed by atoms with Crippen molar-refractivity contribution in [2.45, 2.75) is 31.9 Å². The summed E-state index contributed by atoms with van der Waals surface area (Å²) in [5, 5.41) is 5.70. The van der Waals surface area contributed by atoms with Gasteiger partial charge in [0.25, 0.3) is 0 Å². The maximum Gasteiger partial charge on any atom is 0.420 e. The largest absolute Gasteiger partial charge is 0.420 e. The molecule has 0 saturated carbocycles. The highest BCUT2D eigenvalue weighted by molar-refractivity contribution is 6.30. The minimum atomic E-state index is -4.57. The van der Waals surface area contributed by atoms with Crippen molar-refractivity contribution < 1.29 is 13.2 Å². The summed E-state index contributed by atoms with van der Waals surface area (Å²) < 4.78 is 38.1. The Morgan fingerprint density at radius 2 is 2.12 bits per heavy atom. The zero-order chi connectivity index (χ0) is 18.0. The molecule has 0 spiro atoms. The van der Waals surface area contributed by atoms with Crippen molar-refractivity contribution in [3.8, 4) is 0 Å². The third-order valence-electron chi connectivity index (χ3n) is 4.31. The summed E-state index contributed by atoms with van der Waals surface area (Å²) in [6.45, 7) is 3.96. The van der Waals surface area contributed by atoms with Crippen LogP contribution in [0, 0.1) is 6.92 Å². The number of hydrogen-bond acceptors (Lipinski definition) is 4. The summed E-state index contributed by atoms with van der Waals surface area (Å²) in [5.41, 5.74) is 1.92. The van der Waals surface area contributed by atoms with Crippen LogP contribution in [-0.4, -0.2) is 23.1 Å². The Balaban J connectivity index is 1.78. The lowest BCUT2D eigenvalue weighted by Crippen LogP contribution is -2.28. The van der Waals surface area contributed by atoms with E-state index in [1.54, 1.807) is 0 Å². The quantitative estimate of drug-likeness (QED) is 0.771. The van der Waals surface area contributed by atoms with Crippen LogP contribution in [0.2, 0.25) is 5.15 Å². The molecule has 3 rings (SSSR count). The number of aromatic nitrogens is 2. The summed E-state index contributed by atoms with van der Waals surface area (Å²) in [7, 11) is 0. The molecule has 2 aromatic rings. The minimum Gasteiger partial charge on any atom is -0.324 e. The summed E-state index contributed by atoms with van der Waals surface area (Å²) in [4.78, 5) is 7.42. The summed E-state index contributed by atoms with van der Waals surface area (Å²) >= 11 is 5.63. The molecule has 1 fully saturated rings. The van der Waals surface area contributed by atoms with E-state index in [1.165, 1.54) is 5.56 Å². The molecule has 134 valence electrons. The van der Waals surface area contributed by atoms with Crippen LogP contribution < -0.4 is 10.6 Å². The molecular formula is C17H18ClF3N4. The van der Waals surface area contributed by atoms with Crippen molar-refractivity contribution in [1.82, 2.24) is 15.3 Å². The molecule has 1 saturated heterocycles. The molecule has 1 aromatic carbocycles. The first-order valence-electron chi connectivity index (χ1n) is 8.02. The molecule has 0 amide bonds. The van der Waals surface area contributed by atoms with Gasteiger partial charge in [-0.15, -0.1) is 0 Å². The number of nitrogens with one attached hydrogen (secondary N) is 2. The Labute approximate surface area is 148 Å². The van der Waals surface area contributed by atoms with Gasteiger partial charge in [0, 0.05) is 18.4 Å². The van der Waals surface area contributed by atoms with E-state index >= 15 is 0 Å². The maximum absolute atomic E-state index is 12.7. The maximum atomic E-state index is 12.7. The standard InChI is InChI=1S/C17H18ClF3N4/c1-10-7-11(12-3-2-6-22-8-12)4-5-14(10)24-16-23-9-13(15(18)25-16)17(19,20)21/h4-5,7,9,12,22H,2-3,6,8H2,1H3,(H,23,24,25). The van der Waals surface area contributed by atoms with E-state index in [0.717, 1.165) is 37.2 Å². The number of nitrogens with zero attached hydrogens (tertiary/aromatic N) is 2. The van der Waals surface area contributed by atoms with Crippen LogP contribution in [0.1, 0.15) is 35.4 Å². The van der Waals surface area contributed by atoms with Crippen molar-refractivity contribution in [3.05, 3.63) is 46.2 Å². The second-order valence-electron chi connectivity index (χ2n) is 6.14. The Morgan fingerprint density at radius 1 is 1.32 bits per heavy atom. The van der Waals surface area contributed by atoms with Gasteiger partial charge >= 0.3 is 6.18 Å². The fraction of sp³-hybridized carbons (Fsp3) is 0.412. The zero-order valence-electron chi connectivity index (χ0n) is 13.6. The van der Waals surface area contributed by atoms with Gasteiger partial charge in [-0.25, -0.2) is 9.97 Å². The van der Waals surface area contributed by atoms with Gasteiger partial charge in [0.2, 0.25) is 5.95 Å². The molecule has 1 atom stereocenters. The Morgan fingerprint density at radius 3 is 2.72 bits per heavy atom. The molecule has 1 unspecified atom stereocenters. The van der Waals surface area contributed by atoms with Crippen LogP contribution in [-0.2, 0) is 6.18 Å². The molecule has 1 aliphatic rings. The molecule has 2 N–H and O–H groups in total. The fourth-order valence-corrected chi connectivity index (χ4v) is 3.19. The van der Waals surface area contributed by atoms with Gasteiger partial charge in [0.15, 0.2) is 0 Å². The van der Waals surface area contributed by atoms with Crippen LogP contribution in [0.4, 0.5) is 24.8 Å². The highest BCUT2D eigenvalue weighted by Crippen LogP contribution is 2.34. The van der Waals surface area contributed by atoms with E-state index in [2.05, 4.69) is 26.7 Å². The number of halogens is 4. The van der Waals surface area contributed by atoms with Gasteiger partial charge in [0.1, 0.15) is 10.7 Å². The van der Waals surface area contributed by atoms with E-state index < -0.39 is 16.9 Å². The molecular weight excluding hydrogens is 353 g/mol. The van der Waals surface area contributed by atoms with Gasteiger partial charge in [-0.3, -0.25) is 0 Å². The van der Waals surface area contributed by atoms with Gasteiger partial charge in [-0.2, -0.15) is 13.2 Å². The molecule has 0 aliphatic carbocycles. The third kappa shape index (κ3) is 4.22. The van der Waals surface area contributed by atoms with Crippen LogP contribution in [0.25, 0.3) is 0 Å². The highest BCUT2D eigenvalue weighted by Gasteiger charge is 2.34. The van der Waals surface area contributed by atoms with Crippen molar-refractivity contribution in [1.29, 1.82) is 0 Å². The van der Waals surface area contributed by atoms with Crippen molar-refractivity contribution in [2.75, 3.05) is 18.4 Å². The normalized spacial score (nSPS) is 18.2. The van der Waals surface area contributed by atoms with Gasteiger partial charge < -0.3 is 10.6 Å². The van der Waals surface area contributed by atoms with Crippen LogP contribution in [0.15, 0.2) is 24.4 Å². The average Bonchev–Trinajstić information content (AvgIpc) is 2.56. The van der Waals surface area contributed by atoms with Crippen LogP contribution in [0.3, 0.4) is 0 Å². The molecule has 0 bridgehead atoms. The van der Waals surface area contributed by atoms with E-state index in [9.17, 15) is 13.2 Å². The molecule has 1 aromatic heterocycles. The van der Waals surface area contributed by atoms with Gasteiger partial charge in [-0.05, 0) is 49.4 Å². The van der Waals surface area contributed by atoms with Gasteiger partial charge in [-0.1, -0.05) is 23.7 Å². The molecule has 2 heterocycles. The Kier molecular flexibility index (Phi) is 5.15. The lowest BCUT2D eigenvalue weighted by Gasteiger charge is -2.24. The van der Waals surface area contributed by atoms with Crippen LogP contribution in [0.5, 0.6) is 0 Å². The lowest BCUT2D eigenvalue weighted by molar-refractivity contribution is -0.137. The highest BCUT2D eigenvalue weighted by atomic mass is 35.5. The molecule has 25 heavy (non-hydrogen) atoms. The van der Waals surface area contributed by atoms with Crippen LogP contribution >= 0.6 is 11.6 Å². The number of anilines is 2. The number of hydrogen-bond donors (Lipinski definition) is 2. The third-order valence-corrected chi connectivity index (χ3v) is 4.60. The first-order chi connectivity index (χ1) is 11.8. The SMILES string of the molecule is Cc1cc(C2CCCNC2)ccc1Nc1ncc(C(F)(F)F)c(Cl)n1. The van der Waals surface area contributed by atoms with Crippen molar-refractivity contribution in [3.63, 3.8) is 0 Å². The van der Waals surface area contributed by atoms with Gasteiger partial charge in [0.05, 0.1) is 0 Å². The number of piperidine rings is 1. The van der Waals surface area contributed by atoms with E-state index in [1.807, 2.05) is 19.1 Å². The fourth-order valence-electron chi connectivity index (χ4n) is 2.95. The number of alkyl halides is 3. The van der Waals surface area contributed by atoms with E-state index in [0.29, 0.717) is 12.1 Å². The summed E-state index contributed by atoms with van der Waals surface area (Å²) in [6, 6.07) is 6.01. The molecule has 1 aliphatic heterocycles. The summed E-state index contributed by atoms with van der Waals surface area (Å²) in [6.07, 6.45) is -1.57. The predicted molar refractivity (Wildman–Crippen MR) is 91.4 cm³/mol. The predicted octanol–water partition coefficient (Wildman–Crippen LogP) is 4.67. The molecule has 4 nitrogen and oxygen atoms in total. The van der Waals surface area contributed by atoms with E-state index in [-0.39, 0.29) is 5.95 Å². The smallest absolute Gasteiger partial charge is 0.324 e. The lowest BCUT2D eigenvalue weighted by atomic mass is 9.90. The number of aryl methyl sites for hydroxylation is 1. The second kappa shape index (κ2) is 7.17.